The Morgan fingerprint density at radius 1 is 1.15 bits per heavy atom. The van der Waals surface area contributed by atoms with Crippen molar-refractivity contribution in [2.45, 2.75) is 13.5 Å². The SMILES string of the molecule is COc1cc(/C=C2\SC(=O)N(CCNC(=O)COc3ccccc3C)C2=O)ccc1OC(F)F. The van der Waals surface area contributed by atoms with E-state index in [1.807, 2.05) is 19.1 Å². The predicted octanol–water partition coefficient (Wildman–Crippen LogP) is 3.84. The second kappa shape index (κ2) is 11.5. The molecular formula is C23H22F2N2O6S. The Bertz CT molecular complexity index is 1110. The molecule has 0 saturated carbocycles. The molecule has 0 radical (unpaired) electrons. The molecule has 0 unspecified atom stereocenters. The Labute approximate surface area is 198 Å². The van der Waals surface area contributed by atoms with Gasteiger partial charge in [-0.15, -0.1) is 0 Å². The van der Waals surface area contributed by atoms with Gasteiger partial charge in [-0.25, -0.2) is 0 Å². The lowest BCUT2D eigenvalue weighted by atomic mass is 10.2. The van der Waals surface area contributed by atoms with Crippen LogP contribution in [0, 0.1) is 6.92 Å². The second-order valence-corrected chi connectivity index (χ2v) is 8.02. The van der Waals surface area contributed by atoms with Gasteiger partial charge in [0.05, 0.1) is 12.0 Å². The number of rotatable bonds is 10. The summed E-state index contributed by atoms with van der Waals surface area (Å²) in [6.45, 7) is -1.29. The van der Waals surface area contributed by atoms with Crippen molar-refractivity contribution >= 4 is 34.9 Å². The Morgan fingerprint density at radius 2 is 1.91 bits per heavy atom. The Kier molecular flexibility index (Phi) is 8.47. The van der Waals surface area contributed by atoms with E-state index in [1.165, 1.54) is 31.4 Å². The number of nitrogens with zero attached hydrogens (tertiary/aromatic N) is 1. The van der Waals surface area contributed by atoms with Crippen LogP contribution in [0.2, 0.25) is 0 Å². The summed E-state index contributed by atoms with van der Waals surface area (Å²) in [5.41, 5.74) is 1.36. The lowest BCUT2D eigenvalue weighted by molar-refractivity contribution is -0.125. The van der Waals surface area contributed by atoms with E-state index in [1.54, 1.807) is 12.1 Å². The van der Waals surface area contributed by atoms with Crippen molar-refractivity contribution in [3.8, 4) is 17.2 Å². The molecule has 11 heteroatoms. The van der Waals surface area contributed by atoms with Gasteiger partial charge in [-0.1, -0.05) is 24.3 Å². The van der Waals surface area contributed by atoms with Crippen LogP contribution in [-0.4, -0.2) is 55.4 Å². The number of ether oxygens (including phenoxy) is 3. The molecule has 1 aliphatic heterocycles. The average Bonchev–Trinajstić information content (AvgIpc) is 3.06. The maximum atomic E-state index is 12.6. The Balaban J connectivity index is 1.54. The van der Waals surface area contributed by atoms with Crippen LogP contribution in [0.25, 0.3) is 6.08 Å². The fraction of sp³-hybridized carbons (Fsp3) is 0.261. The number of hydrogen-bond acceptors (Lipinski definition) is 7. The van der Waals surface area contributed by atoms with Gasteiger partial charge >= 0.3 is 6.61 Å². The second-order valence-electron chi connectivity index (χ2n) is 7.03. The highest BCUT2D eigenvalue weighted by molar-refractivity contribution is 8.18. The number of methoxy groups -OCH3 is 1. The molecule has 34 heavy (non-hydrogen) atoms. The van der Waals surface area contributed by atoms with Gasteiger partial charge in [-0.3, -0.25) is 19.3 Å². The van der Waals surface area contributed by atoms with E-state index >= 15 is 0 Å². The van der Waals surface area contributed by atoms with Crippen molar-refractivity contribution in [1.82, 2.24) is 10.2 Å². The topological polar surface area (TPSA) is 94.2 Å². The molecule has 180 valence electrons. The minimum Gasteiger partial charge on any atom is -0.493 e. The highest BCUT2D eigenvalue weighted by atomic mass is 32.2. The third-order valence-corrected chi connectivity index (χ3v) is 5.59. The molecule has 0 bridgehead atoms. The van der Waals surface area contributed by atoms with Gasteiger partial charge in [-0.2, -0.15) is 8.78 Å². The Hall–Kier alpha value is -3.60. The lowest BCUT2D eigenvalue weighted by Crippen LogP contribution is -2.38. The molecule has 2 aromatic rings. The van der Waals surface area contributed by atoms with E-state index in [2.05, 4.69) is 10.1 Å². The molecule has 0 aliphatic carbocycles. The Morgan fingerprint density at radius 3 is 2.62 bits per heavy atom. The first-order valence-electron chi connectivity index (χ1n) is 10.1. The predicted molar refractivity (Wildman–Crippen MR) is 122 cm³/mol. The van der Waals surface area contributed by atoms with Crippen molar-refractivity contribution in [2.24, 2.45) is 0 Å². The highest BCUT2D eigenvalue weighted by Crippen LogP contribution is 2.34. The number of amides is 3. The maximum absolute atomic E-state index is 12.6. The molecule has 3 rings (SSSR count). The number of hydrogen-bond donors (Lipinski definition) is 1. The number of nitrogens with one attached hydrogen (secondary N) is 1. The van der Waals surface area contributed by atoms with Crippen molar-refractivity contribution in [2.75, 3.05) is 26.8 Å². The molecule has 1 N–H and O–H groups in total. The number of thioether (sulfide) groups is 1. The number of imide groups is 1. The molecular weight excluding hydrogens is 470 g/mol. The summed E-state index contributed by atoms with van der Waals surface area (Å²) in [6.07, 6.45) is 1.45. The van der Waals surface area contributed by atoms with Gasteiger partial charge in [0, 0.05) is 13.1 Å². The summed E-state index contributed by atoms with van der Waals surface area (Å²) in [4.78, 5) is 38.1. The third kappa shape index (κ3) is 6.47. The molecule has 0 atom stereocenters. The first-order chi connectivity index (χ1) is 16.3. The lowest BCUT2D eigenvalue weighted by Gasteiger charge is -2.13. The quantitative estimate of drug-likeness (QED) is 0.504. The summed E-state index contributed by atoms with van der Waals surface area (Å²) >= 11 is 0.742. The monoisotopic (exact) mass is 492 g/mol. The number of para-hydroxylation sites is 1. The van der Waals surface area contributed by atoms with Crippen molar-refractivity contribution in [1.29, 1.82) is 0 Å². The van der Waals surface area contributed by atoms with Gasteiger partial charge < -0.3 is 19.5 Å². The summed E-state index contributed by atoms with van der Waals surface area (Å²) in [5, 5.41) is 2.13. The van der Waals surface area contributed by atoms with E-state index in [9.17, 15) is 23.2 Å². The smallest absolute Gasteiger partial charge is 0.387 e. The van der Waals surface area contributed by atoms with E-state index < -0.39 is 17.8 Å². The van der Waals surface area contributed by atoms with E-state index in [0.29, 0.717) is 11.3 Å². The minimum absolute atomic E-state index is 0.0113. The largest absolute Gasteiger partial charge is 0.493 e. The number of aryl methyl sites for hydroxylation is 1. The van der Waals surface area contributed by atoms with E-state index in [0.717, 1.165) is 22.2 Å². The summed E-state index contributed by atoms with van der Waals surface area (Å²) in [7, 11) is 1.30. The summed E-state index contributed by atoms with van der Waals surface area (Å²) in [6, 6.07) is 11.4. The highest BCUT2D eigenvalue weighted by Gasteiger charge is 2.34. The van der Waals surface area contributed by atoms with Crippen LogP contribution in [0.3, 0.4) is 0 Å². The zero-order valence-electron chi connectivity index (χ0n) is 18.4. The van der Waals surface area contributed by atoms with Crippen molar-refractivity contribution in [3.05, 3.63) is 58.5 Å². The van der Waals surface area contributed by atoms with Gasteiger partial charge in [-0.05, 0) is 54.1 Å². The molecule has 1 saturated heterocycles. The number of alkyl halides is 2. The van der Waals surface area contributed by atoms with Crippen molar-refractivity contribution < 1.29 is 37.4 Å². The molecule has 1 heterocycles. The minimum atomic E-state index is -3.01. The van der Waals surface area contributed by atoms with Gasteiger partial charge in [0.25, 0.3) is 17.1 Å². The van der Waals surface area contributed by atoms with E-state index in [4.69, 9.17) is 9.47 Å². The van der Waals surface area contributed by atoms with Crippen LogP contribution < -0.4 is 19.5 Å². The molecule has 1 fully saturated rings. The van der Waals surface area contributed by atoms with Gasteiger partial charge in [0.2, 0.25) is 0 Å². The molecule has 0 spiro atoms. The maximum Gasteiger partial charge on any atom is 0.387 e. The molecule has 8 nitrogen and oxygen atoms in total. The van der Waals surface area contributed by atoms with Crippen LogP contribution in [-0.2, 0) is 9.59 Å². The molecule has 2 aromatic carbocycles. The van der Waals surface area contributed by atoms with Crippen LogP contribution in [0.4, 0.5) is 13.6 Å². The van der Waals surface area contributed by atoms with Crippen molar-refractivity contribution in [3.63, 3.8) is 0 Å². The van der Waals surface area contributed by atoms with E-state index in [-0.39, 0.29) is 42.0 Å². The third-order valence-electron chi connectivity index (χ3n) is 4.69. The zero-order chi connectivity index (χ0) is 24.7. The number of carbonyl (C=O) groups is 3. The van der Waals surface area contributed by atoms with Crippen LogP contribution in [0.1, 0.15) is 11.1 Å². The zero-order valence-corrected chi connectivity index (χ0v) is 19.2. The molecule has 0 aromatic heterocycles. The fourth-order valence-electron chi connectivity index (χ4n) is 3.03. The molecule has 1 aliphatic rings. The van der Waals surface area contributed by atoms with Crippen LogP contribution >= 0.6 is 11.8 Å². The normalized spacial score (nSPS) is 14.6. The van der Waals surface area contributed by atoms with Crippen LogP contribution in [0.5, 0.6) is 17.2 Å². The number of carbonyl (C=O) groups excluding carboxylic acids is 3. The number of benzene rings is 2. The first kappa shape index (κ1) is 25.0. The summed E-state index contributed by atoms with van der Waals surface area (Å²) < 4.78 is 39.8. The fourth-order valence-corrected chi connectivity index (χ4v) is 3.90. The standard InChI is InChI=1S/C23H22F2N2O6S/c1-14-5-3-4-6-16(14)32-13-20(28)26-9-10-27-21(29)19(34-23(27)30)12-15-7-8-17(33-22(24)25)18(11-15)31-2/h3-8,11-12,22H,9-10,13H2,1-2H3,(H,26,28)/b19-12-. The number of halogens is 2. The molecule has 3 amide bonds. The summed E-state index contributed by atoms with van der Waals surface area (Å²) in [5.74, 6) is -0.399. The first-order valence-corrected chi connectivity index (χ1v) is 10.9. The van der Waals surface area contributed by atoms with Crippen LogP contribution in [0.15, 0.2) is 47.4 Å². The van der Waals surface area contributed by atoms with Gasteiger partial charge in [0.1, 0.15) is 5.75 Å². The van der Waals surface area contributed by atoms with Gasteiger partial charge in [0.15, 0.2) is 18.1 Å². The average molecular weight is 493 g/mol.